The number of ketones is 1. The first kappa shape index (κ1) is 14.4. The number of nitro groups is 1. The smallest absolute Gasteiger partial charge is 0.270 e. The number of non-ortho nitro benzene ring substituents is 1. The molecular formula is C16H14N4O4. The van der Waals surface area contributed by atoms with Gasteiger partial charge in [-0.3, -0.25) is 29.9 Å². The number of carbonyl (C=O) groups excluding carboxylic acids is 1. The maximum Gasteiger partial charge on any atom is 0.270 e. The van der Waals surface area contributed by atoms with E-state index < -0.39 is 10.8 Å². The van der Waals surface area contributed by atoms with E-state index in [1.807, 2.05) is 0 Å². The zero-order valence-corrected chi connectivity index (χ0v) is 12.6. The molecule has 1 aromatic heterocycles. The zero-order valence-electron chi connectivity index (χ0n) is 12.6. The molecular weight excluding hydrogens is 312 g/mol. The van der Waals surface area contributed by atoms with Crippen LogP contribution in [0.1, 0.15) is 36.3 Å². The second-order valence-corrected chi connectivity index (χ2v) is 5.95. The molecule has 1 aromatic carbocycles. The number of aromatic amines is 2. The maximum absolute atomic E-state index is 12.5. The van der Waals surface area contributed by atoms with Crippen LogP contribution in [-0.4, -0.2) is 20.9 Å². The van der Waals surface area contributed by atoms with Gasteiger partial charge < -0.3 is 5.32 Å². The minimum Gasteiger partial charge on any atom is -0.343 e. The number of nitro benzene ring substituents is 1. The molecule has 0 unspecified atom stereocenters. The van der Waals surface area contributed by atoms with Crippen LogP contribution in [0.4, 0.5) is 11.5 Å². The van der Waals surface area contributed by atoms with Gasteiger partial charge in [0.2, 0.25) is 0 Å². The van der Waals surface area contributed by atoms with Gasteiger partial charge in [-0.15, -0.1) is 0 Å². The third kappa shape index (κ3) is 2.07. The second-order valence-electron chi connectivity index (χ2n) is 5.95. The van der Waals surface area contributed by atoms with Crippen molar-refractivity contribution in [3.63, 3.8) is 0 Å². The van der Waals surface area contributed by atoms with Crippen molar-refractivity contribution in [3.05, 3.63) is 67.1 Å². The Kier molecular flexibility index (Phi) is 3.12. The van der Waals surface area contributed by atoms with E-state index in [0.717, 1.165) is 12.1 Å². The van der Waals surface area contributed by atoms with Crippen LogP contribution < -0.4 is 10.9 Å². The van der Waals surface area contributed by atoms with Gasteiger partial charge in [-0.25, -0.2) is 0 Å². The average Bonchev–Trinajstić information content (AvgIpc) is 2.94. The predicted molar refractivity (Wildman–Crippen MR) is 85.9 cm³/mol. The highest BCUT2D eigenvalue weighted by molar-refractivity contribution is 6.00. The predicted octanol–water partition coefficient (Wildman–Crippen LogP) is 2.18. The number of carbonyl (C=O) groups is 1. The molecule has 0 radical (unpaired) electrons. The van der Waals surface area contributed by atoms with Crippen LogP contribution >= 0.6 is 0 Å². The Labute approximate surface area is 135 Å². The number of anilines is 1. The van der Waals surface area contributed by atoms with Crippen LogP contribution in [0.15, 0.2) is 40.3 Å². The molecule has 0 bridgehead atoms. The summed E-state index contributed by atoms with van der Waals surface area (Å²) < 4.78 is 0. The molecule has 0 saturated heterocycles. The first-order valence-electron chi connectivity index (χ1n) is 7.64. The number of Topliss-reactive ketones (excluding diaryl/α,β-unsaturated/α-hetero) is 1. The van der Waals surface area contributed by atoms with Gasteiger partial charge in [0.1, 0.15) is 5.82 Å². The number of fused-ring (bicyclic) bond motifs is 1. The van der Waals surface area contributed by atoms with E-state index >= 15 is 0 Å². The summed E-state index contributed by atoms with van der Waals surface area (Å²) in [7, 11) is 0. The second kappa shape index (κ2) is 5.19. The summed E-state index contributed by atoms with van der Waals surface area (Å²) in [6, 6.07) is 6.11. The molecule has 4 rings (SSSR count). The number of hydrogen-bond donors (Lipinski definition) is 3. The Morgan fingerprint density at radius 2 is 2.00 bits per heavy atom. The summed E-state index contributed by atoms with van der Waals surface area (Å²) in [6.45, 7) is 0. The number of benzene rings is 1. The van der Waals surface area contributed by atoms with E-state index in [9.17, 15) is 19.7 Å². The zero-order chi connectivity index (χ0) is 16.8. The van der Waals surface area contributed by atoms with Crippen molar-refractivity contribution in [1.82, 2.24) is 10.2 Å². The summed E-state index contributed by atoms with van der Waals surface area (Å²) >= 11 is 0. The molecule has 3 N–H and O–H groups in total. The first-order valence-corrected chi connectivity index (χ1v) is 7.64. The Morgan fingerprint density at radius 3 is 2.79 bits per heavy atom. The highest BCUT2D eigenvalue weighted by Gasteiger charge is 2.38. The fraction of sp³-hybridized carbons (Fsp3) is 0.250. The van der Waals surface area contributed by atoms with Crippen LogP contribution in [0.3, 0.4) is 0 Å². The fourth-order valence-electron chi connectivity index (χ4n) is 3.52. The van der Waals surface area contributed by atoms with Crippen LogP contribution in [0.5, 0.6) is 0 Å². The lowest BCUT2D eigenvalue weighted by Crippen LogP contribution is -2.29. The molecule has 1 aliphatic carbocycles. The number of hydrogen-bond acceptors (Lipinski definition) is 5. The molecule has 2 heterocycles. The minimum atomic E-state index is -0.598. The molecule has 2 aromatic rings. The number of nitrogens with one attached hydrogen (secondary N) is 3. The Balaban J connectivity index is 1.96. The number of H-pyrrole nitrogens is 2. The van der Waals surface area contributed by atoms with Gasteiger partial charge in [0.15, 0.2) is 5.78 Å². The standard InChI is InChI=1S/C16H14N4O4/c21-11-6-2-5-10-13(11)12(14-15(17-10)18-19-16(14)22)8-3-1-4-9(7-8)20(23)24/h1,3-4,7,12H,2,5-6H2,(H3,17,18,19,22)/t12-/m0/s1. The number of aromatic nitrogens is 2. The monoisotopic (exact) mass is 326 g/mol. The summed E-state index contributed by atoms with van der Waals surface area (Å²) in [5, 5.41) is 19.5. The van der Waals surface area contributed by atoms with Crippen molar-refractivity contribution >= 4 is 17.3 Å². The number of allylic oxidation sites excluding steroid dienone is 2. The molecule has 8 nitrogen and oxygen atoms in total. The summed E-state index contributed by atoms with van der Waals surface area (Å²) in [5.74, 6) is -0.101. The normalized spacial score (nSPS) is 19.5. The van der Waals surface area contributed by atoms with E-state index in [-0.39, 0.29) is 17.0 Å². The highest BCUT2D eigenvalue weighted by atomic mass is 16.6. The lowest BCUT2D eigenvalue weighted by atomic mass is 9.77. The Morgan fingerprint density at radius 1 is 1.17 bits per heavy atom. The van der Waals surface area contributed by atoms with Gasteiger partial charge in [0, 0.05) is 35.7 Å². The molecule has 8 heteroatoms. The van der Waals surface area contributed by atoms with Gasteiger partial charge in [-0.1, -0.05) is 12.1 Å². The van der Waals surface area contributed by atoms with Gasteiger partial charge in [-0.2, -0.15) is 0 Å². The SMILES string of the molecule is O=C1CCCC2=C1[C@H](c1cccc([N+](=O)[O-])c1)c1c([nH][nH]c1=O)N2. The minimum absolute atomic E-state index is 0.0218. The molecule has 1 atom stereocenters. The number of nitrogens with zero attached hydrogens (tertiary/aromatic N) is 1. The van der Waals surface area contributed by atoms with E-state index in [1.165, 1.54) is 12.1 Å². The molecule has 122 valence electrons. The van der Waals surface area contributed by atoms with E-state index in [4.69, 9.17) is 0 Å². The maximum atomic E-state index is 12.5. The van der Waals surface area contributed by atoms with Crippen LogP contribution in [0, 0.1) is 10.1 Å². The molecule has 24 heavy (non-hydrogen) atoms. The topological polar surface area (TPSA) is 121 Å². The van der Waals surface area contributed by atoms with Crippen molar-refractivity contribution < 1.29 is 9.72 Å². The molecule has 0 saturated carbocycles. The van der Waals surface area contributed by atoms with Crippen molar-refractivity contribution in [2.45, 2.75) is 25.2 Å². The Hall–Kier alpha value is -3.16. The summed E-state index contributed by atoms with van der Waals surface area (Å²) in [4.78, 5) is 35.4. The quantitative estimate of drug-likeness (QED) is 0.577. The third-order valence-electron chi connectivity index (χ3n) is 4.54. The van der Waals surface area contributed by atoms with Crippen LogP contribution in [0.25, 0.3) is 0 Å². The van der Waals surface area contributed by atoms with Gasteiger partial charge >= 0.3 is 0 Å². The van der Waals surface area contributed by atoms with Crippen LogP contribution in [0.2, 0.25) is 0 Å². The summed E-state index contributed by atoms with van der Waals surface area (Å²) in [6.07, 6.45) is 1.87. The largest absolute Gasteiger partial charge is 0.343 e. The fourth-order valence-corrected chi connectivity index (χ4v) is 3.52. The van der Waals surface area contributed by atoms with Crippen molar-refractivity contribution in [3.8, 4) is 0 Å². The average molecular weight is 326 g/mol. The molecule has 0 spiro atoms. The highest BCUT2D eigenvalue weighted by Crippen LogP contribution is 2.43. The van der Waals surface area contributed by atoms with Crippen molar-refractivity contribution in [2.24, 2.45) is 0 Å². The van der Waals surface area contributed by atoms with Gasteiger partial charge in [-0.05, 0) is 18.4 Å². The van der Waals surface area contributed by atoms with E-state index in [1.54, 1.807) is 12.1 Å². The lowest BCUT2D eigenvalue weighted by Gasteiger charge is -2.31. The third-order valence-corrected chi connectivity index (χ3v) is 4.54. The molecule has 0 fully saturated rings. The molecule has 1 aliphatic heterocycles. The Bertz CT molecular complexity index is 953. The van der Waals surface area contributed by atoms with Gasteiger partial charge in [0.25, 0.3) is 11.2 Å². The van der Waals surface area contributed by atoms with E-state index in [2.05, 4.69) is 15.5 Å². The summed E-state index contributed by atoms with van der Waals surface area (Å²) in [5.41, 5.74) is 1.89. The molecule has 0 amide bonds. The molecule has 2 aliphatic rings. The van der Waals surface area contributed by atoms with Gasteiger partial charge in [0.05, 0.1) is 10.5 Å². The van der Waals surface area contributed by atoms with Crippen LogP contribution in [-0.2, 0) is 4.79 Å². The lowest BCUT2D eigenvalue weighted by molar-refractivity contribution is -0.384. The number of rotatable bonds is 2. The van der Waals surface area contributed by atoms with Crippen molar-refractivity contribution in [2.75, 3.05) is 5.32 Å². The van der Waals surface area contributed by atoms with Crippen molar-refractivity contribution in [1.29, 1.82) is 0 Å². The first-order chi connectivity index (χ1) is 11.6. The van der Waals surface area contributed by atoms with E-state index in [0.29, 0.717) is 35.4 Å².